The summed E-state index contributed by atoms with van der Waals surface area (Å²) in [7, 11) is 3.32. The maximum atomic E-state index is 5.81. The summed E-state index contributed by atoms with van der Waals surface area (Å²) in [6.45, 7) is 0. The maximum Gasteiger partial charge on any atom is 0.102 e. The predicted octanol–water partition coefficient (Wildman–Crippen LogP) is 5.92. The molecule has 0 bridgehead atoms. The Kier molecular flexibility index (Phi) is 4.68. The molecule has 0 nitrogen and oxygen atoms in total. The van der Waals surface area contributed by atoms with Gasteiger partial charge >= 0.3 is 0 Å². The summed E-state index contributed by atoms with van der Waals surface area (Å²) in [4.78, 5) is 1.20. The molecule has 0 radical (unpaired) electrons. The maximum absolute atomic E-state index is 5.81. The van der Waals surface area contributed by atoms with Crippen molar-refractivity contribution >= 4 is 56.7 Å². The van der Waals surface area contributed by atoms with Gasteiger partial charge in [-0.25, -0.2) is 0 Å². The first kappa shape index (κ1) is 12.7. The van der Waals surface area contributed by atoms with Gasteiger partial charge in [0.1, 0.15) is 3.82 Å². The minimum Gasteiger partial charge on any atom is -0.0843 e. The summed E-state index contributed by atoms with van der Waals surface area (Å²) in [5, 5.41) is 0.760. The van der Waals surface area contributed by atoms with Gasteiger partial charge in [0.15, 0.2) is 0 Å². The van der Waals surface area contributed by atoms with Crippen LogP contribution in [0.25, 0.3) is 12.2 Å². The Morgan fingerprint density at radius 2 is 1.71 bits per heavy atom. The molecule has 4 heteroatoms. The van der Waals surface area contributed by atoms with Crippen LogP contribution in [0.3, 0.4) is 0 Å². The zero-order valence-corrected chi connectivity index (χ0v) is 12.0. The normalized spacial score (nSPS) is 11.6. The van der Waals surface area contributed by atoms with Gasteiger partial charge in [0.2, 0.25) is 0 Å². The number of allylic oxidation sites excluding steroid dienone is 2. The third-order valence-electron chi connectivity index (χ3n) is 2.01. The fraction of sp³-hybridized carbons (Fsp3) is 0. The van der Waals surface area contributed by atoms with E-state index < -0.39 is 0 Å². The van der Waals surface area contributed by atoms with E-state index in [1.54, 1.807) is 20.7 Å². The zero-order valence-electron chi connectivity index (χ0n) is 8.80. The quantitative estimate of drug-likeness (QED) is 0.385. The molecule has 0 fully saturated rings. The van der Waals surface area contributed by atoms with Crippen LogP contribution in [0.5, 0.6) is 0 Å². The van der Waals surface area contributed by atoms with Crippen LogP contribution in [-0.2, 0) is 0 Å². The lowest BCUT2D eigenvalue weighted by molar-refractivity contribution is 1.66. The van der Waals surface area contributed by atoms with Gasteiger partial charge in [0, 0.05) is 9.90 Å². The summed E-state index contributed by atoms with van der Waals surface area (Å²) in [6, 6.07) is 9.75. The van der Waals surface area contributed by atoms with E-state index in [9.17, 15) is 0 Å². The van der Waals surface area contributed by atoms with Crippen LogP contribution in [0.1, 0.15) is 10.4 Å². The van der Waals surface area contributed by atoms with E-state index in [1.165, 1.54) is 4.88 Å². The zero-order chi connectivity index (χ0) is 12.1. The van der Waals surface area contributed by atoms with Crippen molar-refractivity contribution in [1.82, 2.24) is 0 Å². The molecular weight excluding hydrogens is 288 g/mol. The standard InChI is InChI=1S/C13H9ClS3/c14-11-7-5-10(6-8-11)3-1-2-4-12-9-13(15)17-16-12/h1-9H/b3-1+,4-2+. The first-order valence-electron chi connectivity index (χ1n) is 4.94. The lowest BCUT2D eigenvalue weighted by atomic mass is 10.2. The number of rotatable bonds is 3. The molecule has 17 heavy (non-hydrogen) atoms. The van der Waals surface area contributed by atoms with Crippen molar-refractivity contribution in [2.45, 2.75) is 0 Å². The van der Waals surface area contributed by atoms with Crippen molar-refractivity contribution < 1.29 is 0 Å². The molecule has 0 unspecified atom stereocenters. The molecular formula is C13H9ClS3. The van der Waals surface area contributed by atoms with Crippen LogP contribution in [0.2, 0.25) is 5.02 Å². The molecule has 1 aromatic heterocycles. The first-order chi connectivity index (χ1) is 8.24. The van der Waals surface area contributed by atoms with Crippen LogP contribution in [0.15, 0.2) is 42.5 Å². The summed E-state index contributed by atoms with van der Waals surface area (Å²) < 4.78 is 0.941. The second-order valence-electron chi connectivity index (χ2n) is 3.30. The molecule has 1 heterocycles. The van der Waals surface area contributed by atoms with Gasteiger partial charge in [-0.3, -0.25) is 0 Å². The van der Waals surface area contributed by atoms with Crippen LogP contribution >= 0.6 is 44.5 Å². The Morgan fingerprint density at radius 1 is 1.00 bits per heavy atom. The van der Waals surface area contributed by atoms with Crippen molar-refractivity contribution in [1.29, 1.82) is 0 Å². The average Bonchev–Trinajstić information content (AvgIpc) is 2.73. The van der Waals surface area contributed by atoms with Crippen LogP contribution in [0.4, 0.5) is 0 Å². The minimum absolute atomic E-state index is 0.760. The Labute approximate surface area is 118 Å². The van der Waals surface area contributed by atoms with Crippen LogP contribution in [-0.4, -0.2) is 0 Å². The highest BCUT2D eigenvalue weighted by Crippen LogP contribution is 2.19. The molecule has 0 spiro atoms. The SMILES string of the molecule is S=c1cc(/C=C/C=C/c2ccc(Cl)cc2)ss1. The molecule has 2 rings (SSSR count). The minimum atomic E-state index is 0.760. The fourth-order valence-electron chi connectivity index (χ4n) is 1.22. The third-order valence-corrected chi connectivity index (χ3v) is 5.12. The largest absolute Gasteiger partial charge is 0.102 e. The van der Waals surface area contributed by atoms with Crippen molar-refractivity contribution in [2.24, 2.45) is 0 Å². The molecule has 0 amide bonds. The summed E-state index contributed by atoms with van der Waals surface area (Å²) >= 11 is 10.9. The van der Waals surface area contributed by atoms with Gasteiger partial charge in [0.25, 0.3) is 0 Å². The van der Waals surface area contributed by atoms with Gasteiger partial charge in [-0.2, -0.15) is 0 Å². The van der Waals surface area contributed by atoms with E-state index in [1.807, 2.05) is 48.6 Å². The second-order valence-corrected chi connectivity index (χ2v) is 6.68. The molecule has 1 aromatic carbocycles. The highest BCUT2D eigenvalue weighted by atomic mass is 35.5. The lowest BCUT2D eigenvalue weighted by Gasteiger charge is -1.91. The molecule has 0 aliphatic rings. The summed E-state index contributed by atoms with van der Waals surface area (Å²) in [5.74, 6) is 0. The Balaban J connectivity index is 2.00. The lowest BCUT2D eigenvalue weighted by Crippen LogP contribution is -1.69. The Morgan fingerprint density at radius 3 is 2.35 bits per heavy atom. The van der Waals surface area contributed by atoms with E-state index in [2.05, 4.69) is 6.08 Å². The van der Waals surface area contributed by atoms with E-state index in [-0.39, 0.29) is 0 Å². The van der Waals surface area contributed by atoms with Gasteiger partial charge in [-0.1, -0.05) is 74.9 Å². The van der Waals surface area contributed by atoms with Crippen molar-refractivity contribution in [3.63, 3.8) is 0 Å². The molecule has 0 atom stereocenters. The Hall–Kier alpha value is -0.740. The topological polar surface area (TPSA) is 0 Å². The van der Waals surface area contributed by atoms with Crippen molar-refractivity contribution in [2.75, 3.05) is 0 Å². The first-order valence-corrected chi connectivity index (χ1v) is 7.88. The molecule has 0 saturated heterocycles. The molecule has 2 aromatic rings. The van der Waals surface area contributed by atoms with Gasteiger partial charge in [-0.05, 0) is 29.8 Å². The van der Waals surface area contributed by atoms with Crippen molar-refractivity contribution in [3.8, 4) is 0 Å². The van der Waals surface area contributed by atoms with E-state index >= 15 is 0 Å². The monoisotopic (exact) mass is 296 g/mol. The highest BCUT2D eigenvalue weighted by Gasteiger charge is 1.88. The summed E-state index contributed by atoms with van der Waals surface area (Å²) in [5.41, 5.74) is 1.14. The number of benzene rings is 1. The number of hydrogen-bond donors (Lipinski definition) is 0. The third kappa shape index (κ3) is 4.21. The van der Waals surface area contributed by atoms with E-state index in [4.69, 9.17) is 23.8 Å². The number of hydrogen-bond acceptors (Lipinski definition) is 3. The van der Waals surface area contributed by atoms with Crippen LogP contribution < -0.4 is 0 Å². The average molecular weight is 297 g/mol. The Bertz CT molecular complexity index is 588. The smallest absolute Gasteiger partial charge is 0.0843 e. The number of halogens is 1. The fourth-order valence-corrected chi connectivity index (χ4v) is 3.57. The molecule has 0 aliphatic carbocycles. The van der Waals surface area contributed by atoms with E-state index in [0.29, 0.717) is 0 Å². The van der Waals surface area contributed by atoms with Gasteiger partial charge < -0.3 is 0 Å². The summed E-state index contributed by atoms with van der Waals surface area (Å²) in [6.07, 6.45) is 8.13. The molecule has 86 valence electrons. The van der Waals surface area contributed by atoms with Gasteiger partial charge in [-0.15, -0.1) is 0 Å². The predicted molar refractivity (Wildman–Crippen MR) is 82.6 cm³/mol. The molecule has 0 saturated carbocycles. The van der Waals surface area contributed by atoms with Gasteiger partial charge in [0.05, 0.1) is 0 Å². The highest BCUT2D eigenvalue weighted by molar-refractivity contribution is 7.79. The second kappa shape index (κ2) is 6.26. The molecule has 0 N–H and O–H groups in total. The van der Waals surface area contributed by atoms with Crippen molar-refractivity contribution in [3.05, 3.63) is 61.8 Å². The molecule has 0 aliphatic heterocycles. The van der Waals surface area contributed by atoms with Crippen LogP contribution in [0, 0.1) is 3.82 Å². The van der Waals surface area contributed by atoms with E-state index in [0.717, 1.165) is 14.4 Å².